The number of hydrogen-bond acceptors (Lipinski definition) is 5. The molecule has 2 heterocycles. The Morgan fingerprint density at radius 2 is 2.38 bits per heavy atom. The molecule has 0 bridgehead atoms. The minimum atomic E-state index is -0.0457. The van der Waals surface area contributed by atoms with Crippen LogP contribution in [-0.2, 0) is 6.54 Å². The van der Waals surface area contributed by atoms with Gasteiger partial charge in [0.05, 0.1) is 6.54 Å². The van der Waals surface area contributed by atoms with Crippen molar-refractivity contribution in [2.75, 3.05) is 5.73 Å². The number of anilines is 1. The van der Waals surface area contributed by atoms with Crippen molar-refractivity contribution in [3.05, 3.63) is 38.3 Å². The fraction of sp³-hybridized carbons (Fsp3) is 0.222. The molecule has 84 valence electrons. The van der Waals surface area contributed by atoms with E-state index in [0.29, 0.717) is 22.8 Å². The second kappa shape index (κ2) is 4.34. The van der Waals surface area contributed by atoms with Crippen LogP contribution in [0.5, 0.6) is 0 Å². The maximum Gasteiger partial charge on any atom is 0.253 e. The van der Waals surface area contributed by atoms with Crippen molar-refractivity contribution in [3.63, 3.8) is 0 Å². The predicted octanol–water partition coefficient (Wildman–Crippen LogP) is 1.40. The fourth-order valence-corrected chi connectivity index (χ4v) is 2.37. The lowest BCUT2D eigenvalue weighted by Crippen LogP contribution is -2.22. The van der Waals surface area contributed by atoms with Crippen LogP contribution in [0.15, 0.2) is 21.5 Å². The lowest BCUT2D eigenvalue weighted by Gasteiger charge is -2.05. The first kappa shape index (κ1) is 11.3. The summed E-state index contributed by atoms with van der Waals surface area (Å²) in [5.41, 5.74) is 6.94. The Hall–Kier alpha value is -1.21. The predicted molar refractivity (Wildman–Crippen MR) is 66.6 cm³/mol. The second-order valence-corrected chi connectivity index (χ2v) is 5.06. The number of pyridine rings is 1. The Morgan fingerprint density at radius 3 is 3.00 bits per heavy atom. The zero-order valence-electron chi connectivity index (χ0n) is 8.48. The SMILES string of the molecule is Cc1cc(Br)cn(Cc2nnsc2N)c1=O. The van der Waals surface area contributed by atoms with Crippen LogP contribution in [0, 0.1) is 6.92 Å². The molecule has 0 unspecified atom stereocenters. The summed E-state index contributed by atoms with van der Waals surface area (Å²) in [6, 6.07) is 1.78. The Labute approximate surface area is 104 Å². The number of aryl methyl sites for hydroxylation is 1. The Bertz CT molecular complexity index is 577. The number of hydrogen-bond donors (Lipinski definition) is 1. The molecule has 0 atom stereocenters. The molecule has 5 nitrogen and oxygen atoms in total. The zero-order valence-corrected chi connectivity index (χ0v) is 10.9. The van der Waals surface area contributed by atoms with Crippen molar-refractivity contribution < 1.29 is 0 Å². The highest BCUT2D eigenvalue weighted by Gasteiger charge is 2.08. The fourth-order valence-electron chi connectivity index (χ4n) is 1.34. The highest BCUT2D eigenvalue weighted by molar-refractivity contribution is 9.10. The molecular weight excluding hydrogens is 292 g/mol. The Morgan fingerprint density at radius 1 is 1.62 bits per heavy atom. The summed E-state index contributed by atoms with van der Waals surface area (Å²) >= 11 is 4.47. The number of nitrogen functional groups attached to an aromatic ring is 1. The molecule has 0 radical (unpaired) electrons. The second-order valence-electron chi connectivity index (χ2n) is 3.36. The Kier molecular flexibility index (Phi) is 3.06. The van der Waals surface area contributed by atoms with Gasteiger partial charge in [0.2, 0.25) is 0 Å². The summed E-state index contributed by atoms with van der Waals surface area (Å²) in [5.74, 6) is 0. The molecule has 0 spiro atoms. The van der Waals surface area contributed by atoms with Crippen molar-refractivity contribution in [1.29, 1.82) is 0 Å². The third-order valence-corrected chi connectivity index (χ3v) is 3.17. The molecular formula is C9H9BrN4OS. The molecule has 2 N–H and O–H groups in total. The van der Waals surface area contributed by atoms with Crippen LogP contribution in [0.1, 0.15) is 11.3 Å². The van der Waals surface area contributed by atoms with Crippen molar-refractivity contribution in [2.45, 2.75) is 13.5 Å². The van der Waals surface area contributed by atoms with Gasteiger partial charge in [-0.25, -0.2) is 0 Å². The average Bonchev–Trinajstić information content (AvgIpc) is 2.60. The van der Waals surface area contributed by atoms with Gasteiger partial charge in [-0.2, -0.15) is 0 Å². The van der Waals surface area contributed by atoms with E-state index in [1.807, 2.05) is 0 Å². The van der Waals surface area contributed by atoms with Crippen LogP contribution in [-0.4, -0.2) is 14.2 Å². The van der Waals surface area contributed by atoms with E-state index in [1.165, 1.54) is 0 Å². The van der Waals surface area contributed by atoms with Crippen LogP contribution in [0.4, 0.5) is 5.00 Å². The third-order valence-electron chi connectivity index (χ3n) is 2.14. The van der Waals surface area contributed by atoms with Gasteiger partial charge in [0.1, 0.15) is 10.7 Å². The summed E-state index contributed by atoms with van der Waals surface area (Å²) in [7, 11) is 0. The molecule has 2 aromatic heterocycles. The van der Waals surface area contributed by atoms with E-state index in [1.54, 1.807) is 23.8 Å². The van der Waals surface area contributed by atoms with E-state index in [9.17, 15) is 4.79 Å². The van der Waals surface area contributed by atoms with Crippen LogP contribution in [0.25, 0.3) is 0 Å². The van der Waals surface area contributed by atoms with E-state index in [2.05, 4.69) is 25.5 Å². The van der Waals surface area contributed by atoms with Crippen LogP contribution in [0.2, 0.25) is 0 Å². The number of halogens is 1. The molecule has 0 fully saturated rings. The van der Waals surface area contributed by atoms with E-state index >= 15 is 0 Å². The van der Waals surface area contributed by atoms with E-state index in [0.717, 1.165) is 16.0 Å². The van der Waals surface area contributed by atoms with Crippen LogP contribution >= 0.6 is 27.5 Å². The third kappa shape index (κ3) is 2.14. The minimum absolute atomic E-state index is 0.0457. The molecule has 0 aliphatic heterocycles. The summed E-state index contributed by atoms with van der Waals surface area (Å²) in [4.78, 5) is 11.8. The largest absolute Gasteiger partial charge is 0.388 e. The minimum Gasteiger partial charge on any atom is -0.388 e. The average molecular weight is 301 g/mol. The van der Waals surface area contributed by atoms with Crippen LogP contribution < -0.4 is 11.3 Å². The maximum atomic E-state index is 11.8. The van der Waals surface area contributed by atoms with E-state index in [4.69, 9.17) is 5.73 Å². The number of nitrogens with two attached hydrogens (primary N) is 1. The van der Waals surface area contributed by atoms with E-state index in [-0.39, 0.29) is 5.56 Å². The van der Waals surface area contributed by atoms with Gasteiger partial charge in [0, 0.05) is 27.8 Å². The molecule has 16 heavy (non-hydrogen) atoms. The van der Waals surface area contributed by atoms with Gasteiger partial charge in [-0.05, 0) is 28.9 Å². The van der Waals surface area contributed by atoms with Crippen molar-refractivity contribution >= 4 is 32.5 Å². The van der Waals surface area contributed by atoms with Gasteiger partial charge in [-0.3, -0.25) is 4.79 Å². The number of rotatable bonds is 2. The normalized spacial score (nSPS) is 10.6. The number of aromatic nitrogens is 3. The molecule has 0 aliphatic carbocycles. The standard InChI is InChI=1S/C9H9BrN4OS/c1-5-2-6(10)3-14(9(5)15)4-7-8(11)16-13-12-7/h2-3H,4,11H2,1H3. The van der Waals surface area contributed by atoms with Crippen molar-refractivity contribution in [3.8, 4) is 0 Å². The van der Waals surface area contributed by atoms with Gasteiger partial charge in [-0.15, -0.1) is 5.10 Å². The topological polar surface area (TPSA) is 73.8 Å². The highest BCUT2D eigenvalue weighted by Crippen LogP contribution is 2.14. The lowest BCUT2D eigenvalue weighted by molar-refractivity contribution is 0.728. The molecule has 2 rings (SSSR count). The van der Waals surface area contributed by atoms with Gasteiger partial charge in [-0.1, -0.05) is 4.49 Å². The summed E-state index contributed by atoms with van der Waals surface area (Å²) in [6.07, 6.45) is 1.72. The molecule has 0 aromatic carbocycles. The molecule has 7 heteroatoms. The van der Waals surface area contributed by atoms with Crippen molar-refractivity contribution in [2.24, 2.45) is 0 Å². The quantitative estimate of drug-likeness (QED) is 0.910. The van der Waals surface area contributed by atoms with Gasteiger partial charge < -0.3 is 10.3 Å². The summed E-state index contributed by atoms with van der Waals surface area (Å²) < 4.78 is 6.15. The molecule has 0 saturated heterocycles. The highest BCUT2D eigenvalue weighted by atomic mass is 79.9. The van der Waals surface area contributed by atoms with Gasteiger partial charge >= 0.3 is 0 Å². The molecule has 0 amide bonds. The lowest BCUT2D eigenvalue weighted by atomic mass is 10.3. The van der Waals surface area contributed by atoms with E-state index < -0.39 is 0 Å². The van der Waals surface area contributed by atoms with Gasteiger partial charge in [0.25, 0.3) is 5.56 Å². The maximum absolute atomic E-state index is 11.8. The first-order chi connectivity index (χ1) is 7.58. The van der Waals surface area contributed by atoms with Gasteiger partial charge in [0.15, 0.2) is 0 Å². The van der Waals surface area contributed by atoms with Crippen molar-refractivity contribution in [1.82, 2.24) is 14.2 Å². The van der Waals surface area contributed by atoms with Crippen LogP contribution in [0.3, 0.4) is 0 Å². The zero-order chi connectivity index (χ0) is 11.7. The summed E-state index contributed by atoms with van der Waals surface area (Å²) in [5, 5.41) is 4.43. The molecule has 0 aliphatic rings. The number of nitrogens with zero attached hydrogens (tertiary/aromatic N) is 3. The monoisotopic (exact) mass is 300 g/mol. The molecule has 2 aromatic rings. The first-order valence-corrected chi connectivity index (χ1v) is 6.08. The first-order valence-electron chi connectivity index (χ1n) is 4.51. The molecule has 0 saturated carbocycles. The Balaban J connectivity index is 2.43. The smallest absolute Gasteiger partial charge is 0.253 e. The summed E-state index contributed by atoms with van der Waals surface area (Å²) in [6.45, 7) is 2.12.